The third-order valence-electron chi connectivity index (χ3n) is 2.49. The minimum atomic E-state index is -0.952. The molecule has 16 heavy (non-hydrogen) atoms. The Bertz CT molecular complexity index is 392. The number of aliphatic carboxylic acids is 1. The van der Waals surface area contributed by atoms with Gasteiger partial charge in [0.15, 0.2) is 0 Å². The topological polar surface area (TPSA) is 64.3 Å². The average Bonchev–Trinajstić information content (AvgIpc) is 2.87. The summed E-state index contributed by atoms with van der Waals surface area (Å²) in [5, 5.41) is 12.6. The largest absolute Gasteiger partial charge is 0.478 e. The molecule has 1 saturated heterocycles. The van der Waals surface area contributed by atoms with Gasteiger partial charge in [0.2, 0.25) is 0 Å². The Morgan fingerprint density at radius 2 is 2.62 bits per heavy atom. The van der Waals surface area contributed by atoms with Gasteiger partial charge in [0.25, 0.3) is 0 Å². The molecule has 2 rings (SSSR count). The standard InChI is InChI=1S/C11H14N2O3/c14-11(15)4-3-9-6-12-13(7-9)8-10-2-1-5-16-10/h3-4,6-7,10H,1-2,5,8H2,(H,14,15)/b4-3+. The number of nitrogens with zero attached hydrogens (tertiary/aromatic N) is 2. The van der Waals surface area contributed by atoms with Crippen LogP contribution in [-0.4, -0.2) is 33.6 Å². The van der Waals surface area contributed by atoms with Gasteiger partial charge in [0.05, 0.1) is 18.8 Å². The fourth-order valence-corrected chi connectivity index (χ4v) is 1.73. The van der Waals surface area contributed by atoms with E-state index in [1.54, 1.807) is 10.9 Å². The first-order valence-corrected chi connectivity index (χ1v) is 5.29. The predicted molar refractivity (Wildman–Crippen MR) is 57.9 cm³/mol. The van der Waals surface area contributed by atoms with E-state index >= 15 is 0 Å². The van der Waals surface area contributed by atoms with Gasteiger partial charge < -0.3 is 9.84 Å². The van der Waals surface area contributed by atoms with Crippen molar-refractivity contribution in [1.82, 2.24) is 9.78 Å². The van der Waals surface area contributed by atoms with Crippen LogP contribution in [0.2, 0.25) is 0 Å². The van der Waals surface area contributed by atoms with Crippen molar-refractivity contribution < 1.29 is 14.6 Å². The van der Waals surface area contributed by atoms with E-state index in [0.717, 1.165) is 37.6 Å². The Morgan fingerprint density at radius 3 is 3.31 bits per heavy atom. The van der Waals surface area contributed by atoms with E-state index in [9.17, 15) is 4.79 Å². The lowest BCUT2D eigenvalue weighted by atomic mass is 10.2. The smallest absolute Gasteiger partial charge is 0.328 e. The van der Waals surface area contributed by atoms with E-state index in [4.69, 9.17) is 9.84 Å². The Labute approximate surface area is 93.3 Å². The molecule has 1 aromatic heterocycles. The van der Waals surface area contributed by atoms with Gasteiger partial charge in [0.1, 0.15) is 0 Å². The van der Waals surface area contributed by atoms with Crippen LogP contribution in [0.5, 0.6) is 0 Å². The summed E-state index contributed by atoms with van der Waals surface area (Å²) in [6.45, 7) is 1.57. The van der Waals surface area contributed by atoms with E-state index in [0.29, 0.717) is 0 Å². The van der Waals surface area contributed by atoms with Crippen molar-refractivity contribution in [3.05, 3.63) is 24.0 Å². The van der Waals surface area contributed by atoms with Crippen LogP contribution in [0, 0.1) is 0 Å². The van der Waals surface area contributed by atoms with E-state index in [2.05, 4.69) is 5.10 Å². The van der Waals surface area contributed by atoms with Crippen molar-refractivity contribution in [3.8, 4) is 0 Å². The first kappa shape index (κ1) is 10.9. The fourth-order valence-electron chi connectivity index (χ4n) is 1.73. The molecule has 0 bridgehead atoms. The molecule has 1 N–H and O–H groups in total. The zero-order valence-electron chi connectivity index (χ0n) is 8.87. The van der Waals surface area contributed by atoms with Crippen molar-refractivity contribution in [2.75, 3.05) is 6.61 Å². The normalized spacial score (nSPS) is 20.6. The number of rotatable bonds is 4. The van der Waals surface area contributed by atoms with Crippen LogP contribution in [0.1, 0.15) is 18.4 Å². The second kappa shape index (κ2) is 4.94. The van der Waals surface area contributed by atoms with Crippen molar-refractivity contribution in [2.24, 2.45) is 0 Å². The number of carboxylic acid groups (broad SMARTS) is 1. The first-order chi connectivity index (χ1) is 7.74. The van der Waals surface area contributed by atoms with Crippen LogP contribution in [0.15, 0.2) is 18.5 Å². The summed E-state index contributed by atoms with van der Waals surface area (Å²) in [4.78, 5) is 10.3. The zero-order valence-corrected chi connectivity index (χ0v) is 8.87. The summed E-state index contributed by atoms with van der Waals surface area (Å²) in [6.07, 6.45) is 8.53. The molecule has 0 radical (unpaired) electrons. The van der Waals surface area contributed by atoms with Gasteiger partial charge in [-0.15, -0.1) is 0 Å². The van der Waals surface area contributed by atoms with Crippen molar-refractivity contribution in [2.45, 2.75) is 25.5 Å². The molecule has 1 atom stereocenters. The summed E-state index contributed by atoms with van der Waals surface area (Å²) < 4.78 is 7.28. The third kappa shape index (κ3) is 2.93. The van der Waals surface area contributed by atoms with E-state index in [-0.39, 0.29) is 6.10 Å². The van der Waals surface area contributed by atoms with E-state index in [1.165, 1.54) is 6.08 Å². The number of carbonyl (C=O) groups is 1. The number of hydrogen-bond donors (Lipinski definition) is 1. The second-order valence-corrected chi connectivity index (χ2v) is 3.80. The Morgan fingerprint density at radius 1 is 1.75 bits per heavy atom. The minimum Gasteiger partial charge on any atom is -0.478 e. The summed E-state index contributed by atoms with van der Waals surface area (Å²) in [5.74, 6) is -0.952. The minimum absolute atomic E-state index is 0.246. The molecule has 0 spiro atoms. The van der Waals surface area contributed by atoms with Crippen molar-refractivity contribution in [3.63, 3.8) is 0 Å². The Kier molecular flexibility index (Phi) is 3.36. The molecule has 2 heterocycles. The van der Waals surface area contributed by atoms with Gasteiger partial charge in [0, 0.05) is 24.4 Å². The van der Waals surface area contributed by atoms with E-state index in [1.807, 2.05) is 6.20 Å². The van der Waals surface area contributed by atoms with Gasteiger partial charge in [-0.1, -0.05) is 0 Å². The lowest BCUT2D eigenvalue weighted by Gasteiger charge is -2.08. The van der Waals surface area contributed by atoms with Gasteiger partial charge in [-0.05, 0) is 18.9 Å². The number of carboxylic acids is 1. The Balaban J connectivity index is 1.93. The summed E-state index contributed by atoms with van der Waals surface area (Å²) in [5.41, 5.74) is 0.792. The Hall–Kier alpha value is -1.62. The zero-order chi connectivity index (χ0) is 11.4. The maximum atomic E-state index is 10.3. The van der Waals surface area contributed by atoms with Crippen molar-refractivity contribution >= 4 is 12.0 Å². The lowest BCUT2D eigenvalue weighted by molar-refractivity contribution is -0.131. The molecule has 0 aliphatic carbocycles. The summed E-state index contributed by atoms with van der Waals surface area (Å²) in [7, 11) is 0. The molecule has 1 fully saturated rings. The van der Waals surface area contributed by atoms with Gasteiger partial charge in [-0.3, -0.25) is 4.68 Å². The molecular weight excluding hydrogens is 208 g/mol. The van der Waals surface area contributed by atoms with E-state index < -0.39 is 5.97 Å². The van der Waals surface area contributed by atoms with Crippen molar-refractivity contribution in [1.29, 1.82) is 0 Å². The van der Waals surface area contributed by atoms with Crippen LogP contribution >= 0.6 is 0 Å². The molecular formula is C11H14N2O3. The summed E-state index contributed by atoms with van der Waals surface area (Å²) >= 11 is 0. The van der Waals surface area contributed by atoms with Crippen LogP contribution < -0.4 is 0 Å². The van der Waals surface area contributed by atoms with Crippen LogP contribution in [0.25, 0.3) is 6.08 Å². The molecule has 5 heteroatoms. The maximum Gasteiger partial charge on any atom is 0.328 e. The van der Waals surface area contributed by atoms with Gasteiger partial charge in [-0.2, -0.15) is 5.10 Å². The van der Waals surface area contributed by atoms with Crippen LogP contribution in [0.3, 0.4) is 0 Å². The van der Waals surface area contributed by atoms with Crippen LogP contribution in [0.4, 0.5) is 0 Å². The predicted octanol–water partition coefficient (Wildman–Crippen LogP) is 1.16. The average molecular weight is 222 g/mol. The van der Waals surface area contributed by atoms with Crippen LogP contribution in [-0.2, 0) is 16.1 Å². The number of ether oxygens (including phenoxy) is 1. The number of hydrogen-bond acceptors (Lipinski definition) is 3. The molecule has 1 aliphatic heterocycles. The highest BCUT2D eigenvalue weighted by molar-refractivity contribution is 5.85. The van der Waals surface area contributed by atoms with Gasteiger partial charge in [-0.25, -0.2) is 4.79 Å². The maximum absolute atomic E-state index is 10.3. The molecule has 1 aromatic rings. The monoisotopic (exact) mass is 222 g/mol. The molecule has 0 aromatic carbocycles. The highest BCUT2D eigenvalue weighted by Gasteiger charge is 2.15. The molecule has 5 nitrogen and oxygen atoms in total. The highest BCUT2D eigenvalue weighted by atomic mass is 16.5. The number of aromatic nitrogens is 2. The molecule has 0 amide bonds. The second-order valence-electron chi connectivity index (χ2n) is 3.80. The fraction of sp³-hybridized carbons (Fsp3) is 0.455. The first-order valence-electron chi connectivity index (χ1n) is 5.29. The molecule has 86 valence electrons. The van der Waals surface area contributed by atoms with Gasteiger partial charge >= 0.3 is 5.97 Å². The lowest BCUT2D eigenvalue weighted by Crippen LogP contribution is -2.14. The third-order valence-corrected chi connectivity index (χ3v) is 2.49. The molecule has 1 unspecified atom stereocenters. The molecule has 1 aliphatic rings. The highest BCUT2D eigenvalue weighted by Crippen LogP contribution is 2.14. The summed E-state index contributed by atoms with van der Waals surface area (Å²) in [6, 6.07) is 0. The quantitative estimate of drug-likeness (QED) is 0.776. The SMILES string of the molecule is O=C(O)/C=C/c1cnn(CC2CCCO2)c1. The molecule has 0 saturated carbocycles.